The summed E-state index contributed by atoms with van der Waals surface area (Å²) in [6.07, 6.45) is 4.78. The lowest BCUT2D eigenvalue weighted by atomic mass is 10.0. The summed E-state index contributed by atoms with van der Waals surface area (Å²) >= 11 is 0. The van der Waals surface area contributed by atoms with E-state index in [0.29, 0.717) is 0 Å². The van der Waals surface area contributed by atoms with E-state index in [2.05, 4.69) is 15.3 Å². The van der Waals surface area contributed by atoms with Crippen molar-refractivity contribution in [3.63, 3.8) is 0 Å². The second-order valence-electron chi connectivity index (χ2n) is 5.42. The van der Waals surface area contributed by atoms with Gasteiger partial charge in [-0.15, -0.1) is 0 Å². The zero-order chi connectivity index (χ0) is 16.9. The van der Waals surface area contributed by atoms with Crippen molar-refractivity contribution in [2.45, 2.75) is 13.0 Å². The lowest BCUT2D eigenvalue weighted by Gasteiger charge is -2.15. The Morgan fingerprint density at radius 2 is 1.67 bits per heavy atom. The van der Waals surface area contributed by atoms with Crippen molar-refractivity contribution in [1.29, 1.82) is 0 Å². The third-order valence-electron chi connectivity index (χ3n) is 3.76. The van der Waals surface area contributed by atoms with E-state index < -0.39 is 5.95 Å². The first kappa shape index (κ1) is 15.8. The van der Waals surface area contributed by atoms with E-state index in [1.807, 2.05) is 43.3 Å². The van der Waals surface area contributed by atoms with E-state index in [9.17, 15) is 9.18 Å². The maximum Gasteiger partial charge on any atom is 0.251 e. The molecule has 1 N–H and O–H groups in total. The number of carbonyl (C=O) groups is 1. The van der Waals surface area contributed by atoms with E-state index in [4.69, 9.17) is 0 Å². The Kier molecular flexibility index (Phi) is 4.61. The van der Waals surface area contributed by atoms with Gasteiger partial charge in [-0.25, -0.2) is 4.98 Å². The first-order valence-electron chi connectivity index (χ1n) is 7.56. The Morgan fingerprint density at radius 1 is 1.00 bits per heavy atom. The molecule has 0 radical (unpaired) electrons. The number of carbonyl (C=O) groups excluding carboxylic acids is 1. The minimum absolute atomic E-state index is 0.194. The summed E-state index contributed by atoms with van der Waals surface area (Å²) in [4.78, 5) is 19.6. The van der Waals surface area contributed by atoms with Gasteiger partial charge in [-0.05, 0) is 41.8 Å². The third-order valence-corrected chi connectivity index (χ3v) is 3.76. The van der Waals surface area contributed by atoms with Crippen LogP contribution in [0.15, 0.2) is 67.1 Å². The molecule has 0 bridgehead atoms. The Labute approximate surface area is 139 Å². The van der Waals surface area contributed by atoms with Gasteiger partial charge in [0, 0.05) is 30.2 Å². The zero-order valence-electron chi connectivity index (χ0n) is 13.1. The van der Waals surface area contributed by atoms with Crippen molar-refractivity contribution in [3.8, 4) is 11.1 Å². The minimum atomic E-state index is -0.669. The molecule has 0 unspecified atom stereocenters. The monoisotopic (exact) mass is 321 g/mol. The van der Waals surface area contributed by atoms with Crippen LogP contribution in [0, 0.1) is 5.95 Å². The summed E-state index contributed by atoms with van der Waals surface area (Å²) in [7, 11) is 0. The molecule has 2 aromatic heterocycles. The van der Waals surface area contributed by atoms with E-state index in [1.54, 1.807) is 12.4 Å². The fraction of sp³-hybridized carbons (Fsp3) is 0.105. The van der Waals surface area contributed by atoms with Crippen LogP contribution in [0.25, 0.3) is 11.1 Å². The normalized spacial score (nSPS) is 11.8. The van der Waals surface area contributed by atoms with Crippen LogP contribution in [-0.4, -0.2) is 15.9 Å². The van der Waals surface area contributed by atoms with Gasteiger partial charge in [0.05, 0.1) is 6.04 Å². The molecule has 0 saturated heterocycles. The van der Waals surface area contributed by atoms with Crippen LogP contribution in [0.2, 0.25) is 0 Å². The standard InChI is InChI=1S/C19H16FN3O/c1-13(23-19(24)17-8-11-22-18(20)12-17)14-2-4-15(5-3-14)16-6-9-21-10-7-16/h2-13H,1H3,(H,23,24)/t13-/m0/s1. The molecule has 0 spiro atoms. The van der Waals surface area contributed by atoms with E-state index >= 15 is 0 Å². The maximum atomic E-state index is 13.1. The number of pyridine rings is 2. The SMILES string of the molecule is C[C@H](NC(=O)c1ccnc(F)c1)c1ccc(-c2ccncc2)cc1. The molecule has 0 aliphatic carbocycles. The molecular weight excluding hydrogens is 305 g/mol. The van der Waals surface area contributed by atoms with Gasteiger partial charge in [0.15, 0.2) is 0 Å². The van der Waals surface area contributed by atoms with Crippen molar-refractivity contribution >= 4 is 5.91 Å². The number of benzene rings is 1. The molecule has 120 valence electrons. The van der Waals surface area contributed by atoms with Crippen molar-refractivity contribution in [3.05, 3.63) is 84.2 Å². The van der Waals surface area contributed by atoms with E-state index in [1.165, 1.54) is 12.3 Å². The van der Waals surface area contributed by atoms with Crippen LogP contribution >= 0.6 is 0 Å². The topological polar surface area (TPSA) is 54.9 Å². The molecule has 0 fully saturated rings. The zero-order valence-corrected chi connectivity index (χ0v) is 13.1. The van der Waals surface area contributed by atoms with Gasteiger partial charge in [-0.3, -0.25) is 9.78 Å². The highest BCUT2D eigenvalue weighted by Gasteiger charge is 2.12. The van der Waals surface area contributed by atoms with E-state index in [0.717, 1.165) is 22.8 Å². The predicted molar refractivity (Wildman–Crippen MR) is 89.7 cm³/mol. The van der Waals surface area contributed by atoms with Crippen LogP contribution in [-0.2, 0) is 0 Å². The van der Waals surface area contributed by atoms with Crippen molar-refractivity contribution in [2.75, 3.05) is 0 Å². The molecule has 4 nitrogen and oxygen atoms in total. The van der Waals surface area contributed by atoms with Gasteiger partial charge < -0.3 is 5.32 Å². The molecule has 0 saturated carbocycles. The van der Waals surface area contributed by atoms with E-state index in [-0.39, 0.29) is 17.5 Å². The molecule has 1 aromatic carbocycles. The second-order valence-corrected chi connectivity index (χ2v) is 5.42. The Hall–Kier alpha value is -3.08. The molecule has 3 aromatic rings. The Bertz CT molecular complexity index is 835. The summed E-state index contributed by atoms with van der Waals surface area (Å²) in [5, 5.41) is 2.86. The highest BCUT2D eigenvalue weighted by Crippen LogP contribution is 2.21. The first-order chi connectivity index (χ1) is 11.6. The molecule has 24 heavy (non-hydrogen) atoms. The fourth-order valence-electron chi connectivity index (χ4n) is 2.42. The average Bonchev–Trinajstić information content (AvgIpc) is 2.62. The number of aromatic nitrogens is 2. The van der Waals surface area contributed by atoms with Gasteiger partial charge in [0.1, 0.15) is 0 Å². The van der Waals surface area contributed by atoms with Gasteiger partial charge in [-0.1, -0.05) is 24.3 Å². The number of amides is 1. The van der Waals surface area contributed by atoms with Crippen molar-refractivity contribution < 1.29 is 9.18 Å². The van der Waals surface area contributed by atoms with Crippen LogP contribution in [0.5, 0.6) is 0 Å². The van der Waals surface area contributed by atoms with Gasteiger partial charge >= 0.3 is 0 Å². The molecule has 1 amide bonds. The summed E-state index contributed by atoms with van der Waals surface area (Å²) in [5.74, 6) is -1.00. The molecular formula is C19H16FN3O. The summed E-state index contributed by atoms with van der Waals surface area (Å²) in [5.41, 5.74) is 3.38. The lowest BCUT2D eigenvalue weighted by Crippen LogP contribution is -2.26. The van der Waals surface area contributed by atoms with Gasteiger partial charge in [-0.2, -0.15) is 4.39 Å². The van der Waals surface area contributed by atoms with Crippen LogP contribution in [0.1, 0.15) is 28.9 Å². The smallest absolute Gasteiger partial charge is 0.251 e. The van der Waals surface area contributed by atoms with Crippen LogP contribution < -0.4 is 5.32 Å². The highest BCUT2D eigenvalue weighted by molar-refractivity contribution is 5.94. The number of nitrogens with one attached hydrogen (secondary N) is 1. The van der Waals surface area contributed by atoms with Crippen molar-refractivity contribution in [1.82, 2.24) is 15.3 Å². The first-order valence-corrected chi connectivity index (χ1v) is 7.56. The Balaban J connectivity index is 1.71. The lowest BCUT2D eigenvalue weighted by molar-refractivity contribution is 0.0939. The summed E-state index contributed by atoms with van der Waals surface area (Å²) < 4.78 is 13.1. The van der Waals surface area contributed by atoms with Crippen molar-refractivity contribution in [2.24, 2.45) is 0 Å². The number of hydrogen-bond acceptors (Lipinski definition) is 3. The largest absolute Gasteiger partial charge is 0.346 e. The molecule has 1 atom stereocenters. The number of halogens is 1. The van der Waals surface area contributed by atoms with Crippen LogP contribution in [0.3, 0.4) is 0 Å². The van der Waals surface area contributed by atoms with Crippen LogP contribution in [0.4, 0.5) is 4.39 Å². The fourth-order valence-corrected chi connectivity index (χ4v) is 2.42. The third kappa shape index (κ3) is 3.63. The molecule has 5 heteroatoms. The summed E-state index contributed by atoms with van der Waals surface area (Å²) in [6.45, 7) is 1.89. The number of hydrogen-bond donors (Lipinski definition) is 1. The summed E-state index contributed by atoms with van der Waals surface area (Å²) in [6, 6.07) is 14.2. The highest BCUT2D eigenvalue weighted by atomic mass is 19.1. The Morgan fingerprint density at radius 3 is 2.33 bits per heavy atom. The quantitative estimate of drug-likeness (QED) is 0.744. The predicted octanol–water partition coefficient (Wildman–Crippen LogP) is 3.77. The molecule has 3 rings (SSSR count). The minimum Gasteiger partial charge on any atom is -0.346 e. The maximum absolute atomic E-state index is 13.1. The van der Waals surface area contributed by atoms with Gasteiger partial charge in [0.25, 0.3) is 5.91 Å². The molecule has 0 aliphatic rings. The molecule has 0 aliphatic heterocycles. The molecule has 2 heterocycles. The number of nitrogens with zero attached hydrogens (tertiary/aromatic N) is 2. The van der Waals surface area contributed by atoms with Gasteiger partial charge in [0.2, 0.25) is 5.95 Å². The number of rotatable bonds is 4. The average molecular weight is 321 g/mol. The second kappa shape index (κ2) is 7.00.